The first-order valence-corrected chi connectivity index (χ1v) is 10.3. The maximum absolute atomic E-state index is 10.9. The number of carboxylic acids is 1. The fraction of sp³-hybridized carbons (Fsp3) is 0.286. The molecule has 2 aromatic heterocycles. The van der Waals surface area contributed by atoms with Crippen LogP contribution in [0.4, 0.5) is 11.5 Å². The Labute approximate surface area is 173 Å². The predicted molar refractivity (Wildman–Crippen MR) is 115 cm³/mol. The van der Waals surface area contributed by atoms with E-state index >= 15 is 0 Å². The summed E-state index contributed by atoms with van der Waals surface area (Å²) in [6, 6.07) is 9.38. The van der Waals surface area contributed by atoms with Crippen molar-refractivity contribution in [2.75, 3.05) is 5.32 Å². The minimum absolute atomic E-state index is 0.0105. The third-order valence-electron chi connectivity index (χ3n) is 4.43. The smallest absolute Gasteiger partial charge is 0.307 e. The Morgan fingerprint density at radius 1 is 1.18 bits per heavy atom. The third kappa shape index (κ3) is 4.51. The fourth-order valence-electron chi connectivity index (χ4n) is 3.00. The van der Waals surface area contributed by atoms with Crippen molar-refractivity contribution < 1.29 is 9.90 Å². The lowest BCUT2D eigenvalue weighted by Gasteiger charge is -2.15. The van der Waals surface area contributed by atoms with E-state index in [1.165, 1.54) is 11.3 Å². The molecule has 2 N–H and O–H groups in total. The summed E-state index contributed by atoms with van der Waals surface area (Å²) in [4.78, 5) is 21.3. The number of aliphatic carboxylic acids is 1. The van der Waals surface area contributed by atoms with Gasteiger partial charge in [0.1, 0.15) is 5.82 Å². The summed E-state index contributed by atoms with van der Waals surface area (Å²) in [5, 5.41) is 12.3. The minimum atomic E-state index is -0.841. The normalized spacial score (nSPS) is 10.9. The highest BCUT2D eigenvalue weighted by Crippen LogP contribution is 2.34. The van der Waals surface area contributed by atoms with Crippen LogP contribution in [-0.4, -0.2) is 21.0 Å². The van der Waals surface area contributed by atoms with Crippen molar-refractivity contribution in [2.24, 2.45) is 0 Å². The summed E-state index contributed by atoms with van der Waals surface area (Å²) in [6.07, 6.45) is 1.63. The van der Waals surface area contributed by atoms with Crippen molar-refractivity contribution in [3.8, 4) is 10.7 Å². The number of aryl methyl sites for hydroxylation is 2. The number of benzene rings is 1. The maximum atomic E-state index is 10.9. The number of hydrogen-bond acceptors (Lipinski definition) is 5. The van der Waals surface area contributed by atoms with Crippen molar-refractivity contribution in [2.45, 2.75) is 40.0 Å². The SMILES string of the molecule is CCc1nc(-c2cc(C)c(Cl)s2)nc(Nc2ccc(CC(=O)O)cc2)c1CC. The van der Waals surface area contributed by atoms with E-state index in [0.29, 0.717) is 5.82 Å². The van der Waals surface area contributed by atoms with E-state index in [1.807, 2.05) is 37.3 Å². The van der Waals surface area contributed by atoms with E-state index in [2.05, 4.69) is 19.2 Å². The van der Waals surface area contributed by atoms with E-state index in [0.717, 1.165) is 55.9 Å². The van der Waals surface area contributed by atoms with Crippen LogP contribution in [0.5, 0.6) is 0 Å². The van der Waals surface area contributed by atoms with Crippen LogP contribution < -0.4 is 5.32 Å². The van der Waals surface area contributed by atoms with Crippen molar-refractivity contribution in [1.29, 1.82) is 0 Å². The number of hydrogen-bond donors (Lipinski definition) is 2. The molecule has 0 radical (unpaired) electrons. The third-order valence-corrected chi connectivity index (χ3v) is 5.98. The second-order valence-corrected chi connectivity index (χ2v) is 8.14. The highest BCUT2D eigenvalue weighted by atomic mass is 35.5. The van der Waals surface area contributed by atoms with Gasteiger partial charge in [0.05, 0.1) is 15.6 Å². The molecule has 3 rings (SSSR count). The van der Waals surface area contributed by atoms with Gasteiger partial charge in [-0.15, -0.1) is 11.3 Å². The minimum Gasteiger partial charge on any atom is -0.481 e. The number of aromatic nitrogens is 2. The Balaban J connectivity index is 1.98. The molecule has 28 heavy (non-hydrogen) atoms. The van der Waals surface area contributed by atoms with Crippen molar-refractivity contribution in [3.63, 3.8) is 0 Å². The average Bonchev–Trinajstić information content (AvgIpc) is 3.01. The number of nitrogens with one attached hydrogen (secondary N) is 1. The molecule has 146 valence electrons. The topological polar surface area (TPSA) is 75.1 Å². The molecule has 5 nitrogen and oxygen atoms in total. The van der Waals surface area contributed by atoms with Gasteiger partial charge in [0, 0.05) is 16.9 Å². The zero-order chi connectivity index (χ0) is 20.3. The van der Waals surface area contributed by atoms with Crippen LogP contribution in [0.25, 0.3) is 10.7 Å². The zero-order valence-corrected chi connectivity index (χ0v) is 17.6. The zero-order valence-electron chi connectivity index (χ0n) is 16.0. The molecule has 0 saturated heterocycles. The molecule has 1 aromatic carbocycles. The Morgan fingerprint density at radius 2 is 1.89 bits per heavy atom. The fourth-order valence-corrected chi connectivity index (χ4v) is 4.13. The molecule has 7 heteroatoms. The van der Waals surface area contributed by atoms with Gasteiger partial charge in [-0.05, 0) is 49.1 Å². The Morgan fingerprint density at radius 3 is 2.43 bits per heavy atom. The summed E-state index contributed by atoms with van der Waals surface area (Å²) in [7, 11) is 0. The van der Waals surface area contributed by atoms with Crippen LogP contribution in [0.3, 0.4) is 0 Å². The van der Waals surface area contributed by atoms with Crippen LogP contribution in [0, 0.1) is 6.92 Å². The summed E-state index contributed by atoms with van der Waals surface area (Å²) < 4.78 is 0.750. The van der Waals surface area contributed by atoms with E-state index in [-0.39, 0.29) is 6.42 Å². The molecular formula is C21H22ClN3O2S. The number of anilines is 2. The Bertz CT molecular complexity index is 980. The molecule has 0 spiro atoms. The number of thiophene rings is 1. The molecule has 0 aliphatic rings. The molecule has 0 atom stereocenters. The molecule has 0 fully saturated rings. The van der Waals surface area contributed by atoms with Gasteiger partial charge >= 0.3 is 5.97 Å². The number of nitrogens with zero attached hydrogens (tertiary/aromatic N) is 2. The van der Waals surface area contributed by atoms with Gasteiger partial charge in [-0.3, -0.25) is 4.79 Å². The van der Waals surface area contributed by atoms with E-state index in [4.69, 9.17) is 26.7 Å². The second kappa shape index (κ2) is 8.71. The van der Waals surface area contributed by atoms with Crippen LogP contribution in [0.2, 0.25) is 4.34 Å². The first kappa shape index (κ1) is 20.3. The molecule has 0 aliphatic carbocycles. The maximum Gasteiger partial charge on any atom is 0.307 e. The standard InChI is InChI=1S/C21H22ClN3O2S/c1-4-15-16(5-2)24-21(17-10-12(3)19(22)28-17)25-20(15)23-14-8-6-13(7-9-14)11-18(26)27/h6-10H,4-5,11H2,1-3H3,(H,26,27)(H,23,24,25). The highest BCUT2D eigenvalue weighted by Gasteiger charge is 2.16. The molecule has 3 aromatic rings. The second-order valence-electron chi connectivity index (χ2n) is 6.49. The Hall–Kier alpha value is -2.44. The molecule has 0 aliphatic heterocycles. The molecule has 0 unspecified atom stereocenters. The van der Waals surface area contributed by atoms with Crippen molar-refractivity contribution in [1.82, 2.24) is 9.97 Å². The van der Waals surface area contributed by atoms with Crippen LogP contribution in [-0.2, 0) is 24.1 Å². The molecular weight excluding hydrogens is 394 g/mol. The van der Waals surface area contributed by atoms with Crippen molar-refractivity contribution >= 4 is 40.4 Å². The highest BCUT2D eigenvalue weighted by molar-refractivity contribution is 7.19. The van der Waals surface area contributed by atoms with E-state index < -0.39 is 5.97 Å². The lowest BCUT2D eigenvalue weighted by molar-refractivity contribution is -0.136. The Kier molecular flexibility index (Phi) is 6.31. The van der Waals surface area contributed by atoms with E-state index in [9.17, 15) is 4.79 Å². The quantitative estimate of drug-likeness (QED) is 0.520. The lowest BCUT2D eigenvalue weighted by atomic mass is 10.1. The van der Waals surface area contributed by atoms with Gasteiger partial charge in [-0.1, -0.05) is 37.6 Å². The van der Waals surface area contributed by atoms with Gasteiger partial charge < -0.3 is 10.4 Å². The summed E-state index contributed by atoms with van der Waals surface area (Å²) in [6.45, 7) is 6.15. The van der Waals surface area contributed by atoms with Gasteiger partial charge in [0.25, 0.3) is 0 Å². The van der Waals surface area contributed by atoms with Crippen LogP contribution >= 0.6 is 22.9 Å². The summed E-state index contributed by atoms with van der Waals surface area (Å²) in [5.74, 6) is 0.600. The summed E-state index contributed by atoms with van der Waals surface area (Å²) >= 11 is 7.72. The van der Waals surface area contributed by atoms with E-state index in [1.54, 1.807) is 0 Å². The van der Waals surface area contributed by atoms with Gasteiger partial charge in [-0.25, -0.2) is 9.97 Å². The number of rotatable bonds is 7. The van der Waals surface area contributed by atoms with Crippen molar-refractivity contribution in [3.05, 3.63) is 57.1 Å². The molecule has 2 heterocycles. The van der Waals surface area contributed by atoms with Gasteiger partial charge in [0.2, 0.25) is 0 Å². The first-order valence-electron chi connectivity index (χ1n) is 9.15. The predicted octanol–water partition coefficient (Wildman–Crippen LogP) is 5.66. The first-order chi connectivity index (χ1) is 13.4. The number of carbonyl (C=O) groups is 1. The van der Waals surface area contributed by atoms with Crippen LogP contribution in [0.15, 0.2) is 30.3 Å². The molecule has 0 amide bonds. The lowest BCUT2D eigenvalue weighted by Crippen LogP contribution is -2.07. The number of carboxylic acid groups (broad SMARTS) is 1. The average molecular weight is 416 g/mol. The monoisotopic (exact) mass is 415 g/mol. The van der Waals surface area contributed by atoms with Gasteiger partial charge in [0.15, 0.2) is 5.82 Å². The van der Waals surface area contributed by atoms with Crippen LogP contribution in [0.1, 0.15) is 36.2 Å². The van der Waals surface area contributed by atoms with Gasteiger partial charge in [-0.2, -0.15) is 0 Å². The molecule has 0 bridgehead atoms. The largest absolute Gasteiger partial charge is 0.481 e. The number of halogens is 1. The molecule has 0 saturated carbocycles. The summed E-state index contributed by atoms with van der Waals surface area (Å²) in [5.41, 5.74) is 4.73.